The number of hydrogen-bond acceptors (Lipinski definition) is 2. The van der Waals surface area contributed by atoms with Crippen molar-refractivity contribution in [1.29, 1.82) is 0 Å². The van der Waals surface area contributed by atoms with Crippen LogP contribution >= 0.6 is 0 Å². The molecule has 0 aliphatic rings. The van der Waals surface area contributed by atoms with Crippen LogP contribution < -0.4 is 0 Å². The zero-order valence-electron chi connectivity index (χ0n) is 55.3. The van der Waals surface area contributed by atoms with Gasteiger partial charge in [-0.05, 0) is 259 Å². The Kier molecular flexibility index (Phi) is 12.2. The molecule has 0 aliphatic carbocycles. The summed E-state index contributed by atoms with van der Waals surface area (Å²) in [5, 5.41) is 28.3. The summed E-state index contributed by atoms with van der Waals surface area (Å²) >= 11 is 0. The highest BCUT2D eigenvalue weighted by Gasteiger charge is 2.24. The summed E-state index contributed by atoms with van der Waals surface area (Å²) in [5.41, 5.74) is 19.9. The standard InChI is InChI=1S/C100H58O2/c1-5-20-64-49-73(33-29-59(64)15-1)95-80-26-11-12-27-81(80)96(74-34-30-60-16-2-6-21-65(60)50-74)88-57-72(40-46-82(88)95)85-58-90-79-25-13-14-28-92(79)102-100(90)89-55-70(37-43-78(85)89)68-38-44-83-86(53-68)97(75-35-31-61-17-3-7-22-66(61)51-75)84-45-39-69(54-87(84)98(83)76-36-32-62-18-4-8-23-67(62)52-76)71-42-47-93-91(56-71)99-77-24-10-9-19-63(77)41-48-94(99)101-93/h1-58H. The van der Waals surface area contributed by atoms with E-state index < -0.39 is 0 Å². The van der Waals surface area contributed by atoms with Crippen LogP contribution in [0, 0.1) is 0 Å². The first-order chi connectivity index (χ1) is 50.5. The van der Waals surface area contributed by atoms with E-state index in [1.54, 1.807) is 0 Å². The first-order valence-corrected chi connectivity index (χ1v) is 35.2. The minimum atomic E-state index is 0.867. The maximum Gasteiger partial charge on any atom is 0.143 e. The first kappa shape index (κ1) is 56.6. The number of benzene rings is 20. The van der Waals surface area contributed by atoms with E-state index in [2.05, 4.69) is 352 Å². The van der Waals surface area contributed by atoms with Gasteiger partial charge in [-0.2, -0.15) is 0 Å². The van der Waals surface area contributed by atoms with Gasteiger partial charge in [-0.3, -0.25) is 0 Å². The van der Waals surface area contributed by atoms with Crippen molar-refractivity contribution in [2.24, 2.45) is 0 Å². The average Bonchev–Trinajstić information content (AvgIpc) is 1.17. The molecule has 0 radical (unpaired) electrons. The third-order valence-corrected chi connectivity index (χ3v) is 22.1. The predicted octanol–water partition coefficient (Wildman–Crippen LogP) is 28.7. The van der Waals surface area contributed by atoms with Gasteiger partial charge in [-0.25, -0.2) is 0 Å². The second-order valence-electron chi connectivity index (χ2n) is 27.7. The zero-order valence-corrected chi connectivity index (χ0v) is 55.3. The summed E-state index contributed by atoms with van der Waals surface area (Å²) in [6.45, 7) is 0. The lowest BCUT2D eigenvalue weighted by atomic mass is 9.83. The lowest BCUT2D eigenvalue weighted by Gasteiger charge is -2.20. The SMILES string of the molecule is c1ccc2cc(-c3c4ccccc4c(-c4ccc5ccccc5c4)c4cc(-c5cc6c7ccccc7oc6c6cc(-c7ccc8c(-c9ccc%10ccccc%10c9)c9cc(-c%10ccc%11oc%12ccc%13ccccc%13c%12c%11c%10)ccc9c(-c9ccc%10ccccc%10c9)c8c7)ccc56)ccc34)ccc2c1. The van der Waals surface area contributed by atoms with Gasteiger partial charge in [-0.1, -0.05) is 273 Å². The van der Waals surface area contributed by atoms with Crippen molar-refractivity contribution >= 4 is 152 Å². The normalized spacial score (nSPS) is 12.1. The van der Waals surface area contributed by atoms with Crippen LogP contribution in [0.4, 0.5) is 0 Å². The maximum atomic E-state index is 7.09. The first-order valence-electron chi connectivity index (χ1n) is 35.2. The van der Waals surface area contributed by atoms with Gasteiger partial charge < -0.3 is 8.83 Å². The lowest BCUT2D eigenvalue weighted by Crippen LogP contribution is -1.93. The minimum absolute atomic E-state index is 0.867. The molecule has 0 aliphatic heterocycles. The van der Waals surface area contributed by atoms with Gasteiger partial charge in [0.25, 0.3) is 0 Å². The quantitative estimate of drug-likeness (QED) is 0.149. The monoisotopic (exact) mass is 1290 g/mol. The average molecular weight is 1290 g/mol. The molecule has 0 fully saturated rings. The molecule has 0 N–H and O–H groups in total. The van der Waals surface area contributed by atoms with Crippen molar-refractivity contribution in [1.82, 2.24) is 0 Å². The Morgan fingerprint density at radius 1 is 0.147 bits per heavy atom. The second-order valence-corrected chi connectivity index (χ2v) is 27.7. The van der Waals surface area contributed by atoms with Crippen LogP contribution in [0.25, 0.3) is 229 Å². The van der Waals surface area contributed by atoms with E-state index in [4.69, 9.17) is 8.83 Å². The summed E-state index contributed by atoms with van der Waals surface area (Å²) < 4.78 is 13.7. The predicted molar refractivity (Wildman–Crippen MR) is 434 cm³/mol. The number of para-hydroxylation sites is 1. The molecule has 0 atom stereocenters. The Balaban J connectivity index is 0.780. The van der Waals surface area contributed by atoms with E-state index >= 15 is 0 Å². The van der Waals surface area contributed by atoms with Crippen molar-refractivity contribution in [3.05, 3.63) is 352 Å². The molecule has 0 spiro atoms. The van der Waals surface area contributed by atoms with Crippen LogP contribution in [-0.2, 0) is 0 Å². The van der Waals surface area contributed by atoms with Gasteiger partial charge in [0.15, 0.2) is 0 Å². The number of hydrogen-bond donors (Lipinski definition) is 0. The minimum Gasteiger partial charge on any atom is -0.456 e. The molecule has 2 nitrogen and oxygen atoms in total. The van der Waals surface area contributed by atoms with Crippen LogP contribution in [0.3, 0.4) is 0 Å². The molecule has 22 rings (SSSR count). The molecule has 2 heteroatoms. The Bertz CT molecular complexity index is 7380. The Morgan fingerprint density at radius 3 is 0.961 bits per heavy atom. The van der Waals surface area contributed by atoms with Crippen LogP contribution in [0.5, 0.6) is 0 Å². The summed E-state index contributed by atoms with van der Waals surface area (Å²) in [5.74, 6) is 0. The molecular formula is C100H58O2. The number of rotatable bonds is 7. The van der Waals surface area contributed by atoms with E-state index in [9.17, 15) is 0 Å². The Hall–Kier alpha value is -13.4. The molecule has 2 heterocycles. The van der Waals surface area contributed by atoms with Crippen molar-refractivity contribution in [3.8, 4) is 77.9 Å². The van der Waals surface area contributed by atoms with E-state index in [1.807, 2.05) is 0 Å². The van der Waals surface area contributed by atoms with Crippen molar-refractivity contribution in [2.75, 3.05) is 0 Å². The Labute approximate surface area is 586 Å². The molecule has 20 aromatic carbocycles. The van der Waals surface area contributed by atoms with Crippen LogP contribution in [0.1, 0.15) is 0 Å². The summed E-state index contributed by atoms with van der Waals surface area (Å²) in [7, 11) is 0. The highest BCUT2D eigenvalue weighted by atomic mass is 16.3. The molecule has 0 bridgehead atoms. The van der Waals surface area contributed by atoms with Gasteiger partial charge in [-0.15, -0.1) is 0 Å². The smallest absolute Gasteiger partial charge is 0.143 e. The van der Waals surface area contributed by atoms with Crippen molar-refractivity contribution < 1.29 is 8.83 Å². The van der Waals surface area contributed by atoms with Gasteiger partial charge in [0.1, 0.15) is 22.3 Å². The fraction of sp³-hybridized carbons (Fsp3) is 0. The molecule has 0 saturated carbocycles. The fourth-order valence-corrected chi connectivity index (χ4v) is 17.3. The highest BCUT2D eigenvalue weighted by molar-refractivity contribution is 6.27. The summed E-state index contributed by atoms with van der Waals surface area (Å²) in [6, 6.07) is 131. The fourth-order valence-electron chi connectivity index (χ4n) is 17.3. The molecule has 0 unspecified atom stereocenters. The van der Waals surface area contributed by atoms with Crippen molar-refractivity contribution in [2.45, 2.75) is 0 Å². The van der Waals surface area contributed by atoms with E-state index in [1.165, 1.54) is 141 Å². The van der Waals surface area contributed by atoms with Gasteiger partial charge >= 0.3 is 0 Å². The molecule has 102 heavy (non-hydrogen) atoms. The lowest BCUT2D eigenvalue weighted by molar-refractivity contribution is 0.669. The molecule has 470 valence electrons. The number of fused-ring (bicyclic) bond motifs is 18. The molecule has 0 saturated heterocycles. The highest BCUT2D eigenvalue weighted by Crippen LogP contribution is 2.51. The van der Waals surface area contributed by atoms with Gasteiger partial charge in [0, 0.05) is 26.9 Å². The third kappa shape index (κ3) is 8.73. The number of furan rings is 2. The maximum absolute atomic E-state index is 7.09. The van der Waals surface area contributed by atoms with Gasteiger partial charge in [0.2, 0.25) is 0 Å². The summed E-state index contributed by atoms with van der Waals surface area (Å²) in [4.78, 5) is 0. The third-order valence-electron chi connectivity index (χ3n) is 22.1. The molecule has 0 amide bonds. The summed E-state index contributed by atoms with van der Waals surface area (Å²) in [6.07, 6.45) is 0. The van der Waals surface area contributed by atoms with Crippen LogP contribution in [-0.4, -0.2) is 0 Å². The van der Waals surface area contributed by atoms with Crippen LogP contribution in [0.15, 0.2) is 361 Å². The van der Waals surface area contributed by atoms with E-state index in [-0.39, 0.29) is 0 Å². The van der Waals surface area contributed by atoms with Crippen LogP contribution in [0.2, 0.25) is 0 Å². The zero-order chi connectivity index (χ0) is 66.7. The van der Waals surface area contributed by atoms with Gasteiger partial charge in [0.05, 0.1) is 0 Å². The van der Waals surface area contributed by atoms with E-state index in [0.29, 0.717) is 0 Å². The molecule has 2 aromatic heterocycles. The van der Waals surface area contributed by atoms with E-state index in [0.717, 1.165) is 88.0 Å². The molecular weight excluding hydrogens is 1230 g/mol. The Morgan fingerprint density at radius 2 is 0.461 bits per heavy atom. The largest absolute Gasteiger partial charge is 0.456 e. The molecule has 22 aromatic rings. The topological polar surface area (TPSA) is 26.3 Å². The van der Waals surface area contributed by atoms with Crippen molar-refractivity contribution in [3.63, 3.8) is 0 Å². The second kappa shape index (κ2) is 22.1.